The number of rotatable bonds is 7. The van der Waals surface area contributed by atoms with Crippen LogP contribution in [0.1, 0.15) is 18.1 Å². The SMILES string of the molecule is CC(C#N)CNCc1ccc(OCc2ccccc2)cc1. The van der Waals surface area contributed by atoms with Crippen LogP contribution in [0.3, 0.4) is 0 Å². The molecule has 1 N–H and O–H groups in total. The molecule has 0 radical (unpaired) electrons. The maximum atomic E-state index is 8.71. The normalized spacial score (nSPS) is 11.6. The van der Waals surface area contributed by atoms with Crippen molar-refractivity contribution in [3.63, 3.8) is 0 Å². The van der Waals surface area contributed by atoms with Crippen molar-refractivity contribution < 1.29 is 4.74 Å². The molecule has 1 unspecified atom stereocenters. The lowest BCUT2D eigenvalue weighted by Gasteiger charge is -2.08. The second-order valence-electron chi connectivity index (χ2n) is 5.08. The third-order valence-electron chi connectivity index (χ3n) is 3.17. The summed E-state index contributed by atoms with van der Waals surface area (Å²) in [7, 11) is 0. The summed E-state index contributed by atoms with van der Waals surface area (Å²) in [6, 6.07) is 20.4. The minimum atomic E-state index is 0.0403. The first-order chi connectivity index (χ1) is 10.3. The third kappa shape index (κ3) is 5.29. The van der Waals surface area contributed by atoms with E-state index in [0.717, 1.165) is 17.9 Å². The lowest BCUT2D eigenvalue weighted by Crippen LogP contribution is -2.19. The number of hydrogen-bond donors (Lipinski definition) is 1. The molecule has 0 fully saturated rings. The van der Waals surface area contributed by atoms with Gasteiger partial charge in [-0.25, -0.2) is 0 Å². The van der Waals surface area contributed by atoms with Crippen LogP contribution >= 0.6 is 0 Å². The van der Waals surface area contributed by atoms with Gasteiger partial charge in [-0.2, -0.15) is 5.26 Å². The molecule has 0 aliphatic heterocycles. The van der Waals surface area contributed by atoms with Crippen molar-refractivity contribution in [1.29, 1.82) is 5.26 Å². The molecule has 2 aromatic carbocycles. The van der Waals surface area contributed by atoms with Gasteiger partial charge in [0.05, 0.1) is 12.0 Å². The first-order valence-corrected chi connectivity index (χ1v) is 7.14. The second kappa shape index (κ2) is 8.08. The fraction of sp³-hybridized carbons (Fsp3) is 0.278. The van der Waals surface area contributed by atoms with Crippen molar-refractivity contribution in [2.45, 2.75) is 20.1 Å². The molecule has 3 nitrogen and oxygen atoms in total. The summed E-state index contributed by atoms with van der Waals surface area (Å²) in [5.41, 5.74) is 2.35. The highest BCUT2D eigenvalue weighted by Crippen LogP contribution is 2.14. The Labute approximate surface area is 126 Å². The van der Waals surface area contributed by atoms with Gasteiger partial charge in [0.15, 0.2) is 0 Å². The number of ether oxygens (including phenoxy) is 1. The highest BCUT2D eigenvalue weighted by atomic mass is 16.5. The van der Waals surface area contributed by atoms with Crippen LogP contribution in [-0.2, 0) is 13.2 Å². The monoisotopic (exact) mass is 280 g/mol. The molecule has 2 rings (SSSR count). The zero-order chi connectivity index (χ0) is 14.9. The van der Waals surface area contributed by atoms with Gasteiger partial charge in [-0.15, -0.1) is 0 Å². The van der Waals surface area contributed by atoms with Crippen LogP contribution in [0.15, 0.2) is 54.6 Å². The Morgan fingerprint density at radius 2 is 1.76 bits per heavy atom. The van der Waals surface area contributed by atoms with Crippen molar-refractivity contribution in [2.24, 2.45) is 5.92 Å². The summed E-state index contributed by atoms with van der Waals surface area (Å²) in [4.78, 5) is 0. The molecule has 0 heterocycles. The van der Waals surface area contributed by atoms with E-state index in [-0.39, 0.29) is 5.92 Å². The molecular formula is C18H20N2O. The van der Waals surface area contributed by atoms with Crippen LogP contribution in [0.5, 0.6) is 5.75 Å². The van der Waals surface area contributed by atoms with Gasteiger partial charge in [-0.05, 0) is 30.2 Å². The van der Waals surface area contributed by atoms with Crippen LogP contribution in [0.2, 0.25) is 0 Å². The van der Waals surface area contributed by atoms with Gasteiger partial charge in [0, 0.05) is 13.1 Å². The van der Waals surface area contributed by atoms with Crippen LogP contribution in [-0.4, -0.2) is 6.54 Å². The Morgan fingerprint density at radius 1 is 1.05 bits per heavy atom. The number of nitriles is 1. The standard InChI is InChI=1S/C18H20N2O/c1-15(11-19)12-20-13-16-7-9-18(10-8-16)21-14-17-5-3-2-4-6-17/h2-10,15,20H,12-14H2,1H3. The quantitative estimate of drug-likeness (QED) is 0.844. The predicted molar refractivity (Wildman–Crippen MR) is 83.7 cm³/mol. The third-order valence-corrected chi connectivity index (χ3v) is 3.17. The smallest absolute Gasteiger partial charge is 0.119 e. The fourth-order valence-corrected chi connectivity index (χ4v) is 1.92. The van der Waals surface area contributed by atoms with E-state index in [1.54, 1.807) is 0 Å². The lowest BCUT2D eigenvalue weighted by molar-refractivity contribution is 0.306. The van der Waals surface area contributed by atoms with Gasteiger partial charge >= 0.3 is 0 Å². The first-order valence-electron chi connectivity index (χ1n) is 7.14. The average molecular weight is 280 g/mol. The van der Waals surface area contributed by atoms with E-state index in [4.69, 9.17) is 10.00 Å². The summed E-state index contributed by atoms with van der Waals surface area (Å²) in [6.45, 7) is 3.97. The Morgan fingerprint density at radius 3 is 2.43 bits per heavy atom. The summed E-state index contributed by atoms with van der Waals surface area (Å²) >= 11 is 0. The Hall–Kier alpha value is -2.31. The molecule has 0 aliphatic rings. The molecule has 0 bridgehead atoms. The molecule has 3 heteroatoms. The highest BCUT2D eigenvalue weighted by Gasteiger charge is 2.00. The van der Waals surface area contributed by atoms with Crippen LogP contribution < -0.4 is 10.1 Å². The van der Waals surface area contributed by atoms with E-state index in [1.165, 1.54) is 5.56 Å². The maximum Gasteiger partial charge on any atom is 0.119 e. The largest absolute Gasteiger partial charge is 0.489 e. The molecule has 108 valence electrons. The van der Waals surface area contributed by atoms with Gasteiger partial charge in [-0.1, -0.05) is 42.5 Å². The summed E-state index contributed by atoms with van der Waals surface area (Å²) in [6.07, 6.45) is 0. The van der Waals surface area contributed by atoms with Crippen molar-refractivity contribution in [1.82, 2.24) is 5.32 Å². The van der Waals surface area contributed by atoms with Gasteiger partial charge < -0.3 is 10.1 Å². The zero-order valence-corrected chi connectivity index (χ0v) is 12.3. The van der Waals surface area contributed by atoms with E-state index in [9.17, 15) is 0 Å². The van der Waals surface area contributed by atoms with E-state index < -0.39 is 0 Å². The molecule has 0 saturated carbocycles. The fourth-order valence-electron chi connectivity index (χ4n) is 1.92. The summed E-state index contributed by atoms with van der Waals surface area (Å²) < 4.78 is 5.74. The van der Waals surface area contributed by atoms with E-state index in [1.807, 2.05) is 49.4 Å². The first kappa shape index (κ1) is 15.1. The van der Waals surface area contributed by atoms with Crippen LogP contribution in [0.25, 0.3) is 0 Å². The van der Waals surface area contributed by atoms with Gasteiger partial charge in [-0.3, -0.25) is 0 Å². The van der Waals surface area contributed by atoms with Crippen LogP contribution in [0.4, 0.5) is 0 Å². The molecule has 0 aliphatic carbocycles. The predicted octanol–water partition coefficient (Wildman–Crippen LogP) is 3.51. The average Bonchev–Trinajstić information content (AvgIpc) is 2.55. The van der Waals surface area contributed by atoms with Crippen molar-refractivity contribution >= 4 is 0 Å². The molecule has 0 saturated heterocycles. The lowest BCUT2D eigenvalue weighted by atomic mass is 10.2. The maximum absolute atomic E-state index is 8.71. The Balaban J connectivity index is 1.78. The molecule has 1 atom stereocenters. The minimum Gasteiger partial charge on any atom is -0.489 e. The Bertz CT molecular complexity index is 572. The van der Waals surface area contributed by atoms with Crippen molar-refractivity contribution in [3.8, 4) is 11.8 Å². The van der Waals surface area contributed by atoms with Gasteiger partial charge in [0.25, 0.3) is 0 Å². The zero-order valence-electron chi connectivity index (χ0n) is 12.3. The van der Waals surface area contributed by atoms with Gasteiger partial charge in [0.1, 0.15) is 12.4 Å². The minimum absolute atomic E-state index is 0.0403. The van der Waals surface area contributed by atoms with Crippen LogP contribution in [0, 0.1) is 17.2 Å². The van der Waals surface area contributed by atoms with E-state index >= 15 is 0 Å². The van der Waals surface area contributed by atoms with Crippen molar-refractivity contribution in [2.75, 3.05) is 6.54 Å². The second-order valence-corrected chi connectivity index (χ2v) is 5.08. The number of nitrogens with one attached hydrogen (secondary N) is 1. The summed E-state index contributed by atoms with van der Waals surface area (Å²) in [5, 5.41) is 12.0. The molecule has 2 aromatic rings. The van der Waals surface area contributed by atoms with Crippen molar-refractivity contribution in [3.05, 3.63) is 65.7 Å². The number of benzene rings is 2. The molecule has 21 heavy (non-hydrogen) atoms. The molecular weight excluding hydrogens is 260 g/mol. The number of hydrogen-bond acceptors (Lipinski definition) is 3. The topological polar surface area (TPSA) is 45.0 Å². The highest BCUT2D eigenvalue weighted by molar-refractivity contribution is 5.27. The molecule has 0 amide bonds. The van der Waals surface area contributed by atoms with Gasteiger partial charge in [0.2, 0.25) is 0 Å². The van der Waals surface area contributed by atoms with E-state index in [0.29, 0.717) is 13.2 Å². The molecule has 0 spiro atoms. The van der Waals surface area contributed by atoms with E-state index in [2.05, 4.69) is 23.5 Å². The number of nitrogens with zero attached hydrogens (tertiary/aromatic N) is 1. The molecule has 0 aromatic heterocycles. The Kier molecular flexibility index (Phi) is 5.81. The summed E-state index contributed by atoms with van der Waals surface area (Å²) in [5.74, 6) is 0.909.